The number of aromatic nitrogens is 1. The normalized spacial score (nSPS) is 21.4. The van der Waals surface area contributed by atoms with Crippen LogP contribution in [0.25, 0.3) is 0 Å². The average molecular weight is 720 g/mol. The molecule has 3 heterocycles. The summed E-state index contributed by atoms with van der Waals surface area (Å²) in [6.45, 7) is 14.6. The first kappa shape index (κ1) is 39.1. The highest BCUT2D eigenvalue weighted by Gasteiger charge is 2.31. The number of nitrogens with one attached hydrogen (secondary N) is 2. The van der Waals surface area contributed by atoms with E-state index in [9.17, 15) is 9.59 Å². The SMILES string of the molecule is COc1ccc(COCC(C)N2C[C@@H](C)[C@H](CN3CCCCC3)OCCCCC(C)Oc3ccc(NC(=O)Nc4c(C)noc4C)cc3C2=O)cc1. The Bertz CT molecular complexity index is 1570. The van der Waals surface area contributed by atoms with Gasteiger partial charge in [-0.15, -0.1) is 0 Å². The quantitative estimate of drug-likeness (QED) is 0.220. The summed E-state index contributed by atoms with van der Waals surface area (Å²) >= 11 is 0. The van der Waals surface area contributed by atoms with Gasteiger partial charge in [-0.2, -0.15) is 0 Å². The Morgan fingerprint density at radius 2 is 1.79 bits per heavy atom. The Balaban J connectivity index is 1.42. The molecule has 4 atom stereocenters. The summed E-state index contributed by atoms with van der Waals surface area (Å²) in [7, 11) is 1.65. The van der Waals surface area contributed by atoms with Gasteiger partial charge in [0.15, 0.2) is 5.76 Å². The number of carbonyl (C=O) groups is 2. The number of methoxy groups -OCH3 is 1. The minimum atomic E-state index is -0.472. The van der Waals surface area contributed by atoms with E-state index in [4.69, 9.17) is 23.5 Å². The van der Waals surface area contributed by atoms with Gasteiger partial charge < -0.3 is 43.9 Å². The third-order valence-corrected chi connectivity index (χ3v) is 9.99. The van der Waals surface area contributed by atoms with Crippen molar-refractivity contribution >= 4 is 23.3 Å². The topological polar surface area (TPSA) is 128 Å². The number of anilines is 2. The monoisotopic (exact) mass is 719 g/mol. The molecule has 0 saturated carbocycles. The maximum Gasteiger partial charge on any atom is 0.323 e. The van der Waals surface area contributed by atoms with E-state index in [1.807, 2.05) is 43.0 Å². The molecule has 0 spiro atoms. The van der Waals surface area contributed by atoms with Gasteiger partial charge in [0.05, 0.1) is 44.1 Å². The smallest absolute Gasteiger partial charge is 0.323 e. The number of amides is 3. The number of hydrogen-bond acceptors (Lipinski definition) is 9. The van der Waals surface area contributed by atoms with Crippen molar-refractivity contribution in [1.29, 1.82) is 0 Å². The fourth-order valence-electron chi connectivity index (χ4n) is 6.86. The fraction of sp³-hybridized carbons (Fsp3) is 0.575. The molecule has 12 nitrogen and oxygen atoms in total. The maximum atomic E-state index is 14.9. The number of nitrogens with zero attached hydrogens (tertiary/aromatic N) is 3. The third kappa shape index (κ3) is 10.9. The zero-order valence-electron chi connectivity index (χ0n) is 31.7. The lowest BCUT2D eigenvalue weighted by atomic mass is 10.00. The van der Waals surface area contributed by atoms with Crippen LogP contribution in [0.5, 0.6) is 11.5 Å². The maximum absolute atomic E-state index is 14.9. The predicted molar refractivity (Wildman–Crippen MR) is 201 cm³/mol. The van der Waals surface area contributed by atoms with Crippen LogP contribution >= 0.6 is 0 Å². The van der Waals surface area contributed by atoms with Crippen LogP contribution in [0.4, 0.5) is 16.2 Å². The van der Waals surface area contributed by atoms with E-state index in [0.29, 0.717) is 60.5 Å². The molecule has 2 aliphatic rings. The van der Waals surface area contributed by atoms with Crippen molar-refractivity contribution in [2.24, 2.45) is 5.92 Å². The molecule has 0 radical (unpaired) electrons. The molecule has 2 unspecified atom stereocenters. The van der Waals surface area contributed by atoms with Crippen molar-refractivity contribution in [2.75, 3.05) is 57.1 Å². The van der Waals surface area contributed by atoms with E-state index in [0.717, 1.165) is 50.2 Å². The zero-order chi connectivity index (χ0) is 37.0. The molecular weight excluding hydrogens is 662 g/mol. The van der Waals surface area contributed by atoms with E-state index in [-0.39, 0.29) is 30.1 Å². The third-order valence-electron chi connectivity index (χ3n) is 9.99. The van der Waals surface area contributed by atoms with Crippen molar-refractivity contribution in [2.45, 2.75) is 98.0 Å². The summed E-state index contributed by atoms with van der Waals surface area (Å²) in [5.41, 5.74) is 2.93. The van der Waals surface area contributed by atoms with Gasteiger partial charge >= 0.3 is 6.03 Å². The number of fused-ring (bicyclic) bond motifs is 1. The highest BCUT2D eigenvalue weighted by atomic mass is 16.5. The van der Waals surface area contributed by atoms with Gasteiger partial charge in [0.2, 0.25) is 0 Å². The second-order valence-corrected chi connectivity index (χ2v) is 14.3. The van der Waals surface area contributed by atoms with Crippen molar-refractivity contribution in [3.8, 4) is 11.5 Å². The minimum absolute atomic E-state index is 0.0297. The summed E-state index contributed by atoms with van der Waals surface area (Å²) in [6.07, 6.45) is 6.23. The second-order valence-electron chi connectivity index (χ2n) is 14.3. The highest BCUT2D eigenvalue weighted by Crippen LogP contribution is 2.29. The second kappa shape index (κ2) is 19.1. The van der Waals surface area contributed by atoms with Crippen LogP contribution < -0.4 is 20.1 Å². The number of likely N-dealkylation sites (tertiary alicyclic amines) is 1. The van der Waals surface area contributed by atoms with Crippen LogP contribution in [-0.4, -0.2) is 91.6 Å². The van der Waals surface area contributed by atoms with Gasteiger partial charge in [0.25, 0.3) is 5.91 Å². The Kier molecular flexibility index (Phi) is 14.4. The van der Waals surface area contributed by atoms with Crippen molar-refractivity contribution in [1.82, 2.24) is 15.0 Å². The lowest BCUT2D eigenvalue weighted by Gasteiger charge is -2.37. The molecular formula is C40H57N5O7. The molecule has 1 saturated heterocycles. The van der Waals surface area contributed by atoms with Crippen molar-refractivity contribution in [3.63, 3.8) is 0 Å². The molecule has 3 amide bonds. The van der Waals surface area contributed by atoms with Crippen LogP contribution in [0.15, 0.2) is 47.0 Å². The van der Waals surface area contributed by atoms with E-state index >= 15 is 0 Å². The first-order chi connectivity index (χ1) is 25.1. The summed E-state index contributed by atoms with van der Waals surface area (Å²) < 4.78 is 29.8. The molecule has 0 bridgehead atoms. The summed E-state index contributed by atoms with van der Waals surface area (Å²) in [5.74, 6) is 1.62. The first-order valence-electron chi connectivity index (χ1n) is 18.8. The van der Waals surface area contributed by atoms with E-state index in [1.54, 1.807) is 39.2 Å². The Labute approximate surface area is 308 Å². The number of benzene rings is 2. The number of ether oxygens (including phenoxy) is 4. The lowest BCUT2D eigenvalue weighted by molar-refractivity contribution is -0.0251. The van der Waals surface area contributed by atoms with Gasteiger partial charge in [-0.05, 0) is 109 Å². The Hall–Kier alpha value is -4.13. The summed E-state index contributed by atoms with van der Waals surface area (Å²) in [4.78, 5) is 32.3. The zero-order valence-corrected chi connectivity index (χ0v) is 31.7. The molecule has 12 heteroatoms. The van der Waals surface area contributed by atoms with Gasteiger partial charge in [-0.25, -0.2) is 4.79 Å². The number of rotatable bonds is 10. The van der Waals surface area contributed by atoms with Crippen LogP contribution in [0.3, 0.4) is 0 Å². The van der Waals surface area contributed by atoms with Crippen molar-refractivity contribution in [3.05, 3.63) is 65.0 Å². The van der Waals surface area contributed by atoms with Gasteiger partial charge in [0, 0.05) is 31.3 Å². The van der Waals surface area contributed by atoms with Crippen LogP contribution in [-0.2, 0) is 16.1 Å². The van der Waals surface area contributed by atoms with Crippen molar-refractivity contribution < 1.29 is 33.1 Å². The standard InChI is InChI=1S/C40H57N5O7/c1-27-23-45(28(2)25-49-26-32-13-16-34(48-6)17-14-32)39(46)35-22-33(41-40(47)42-38-30(4)43-52-31(38)5)15-18-36(35)51-29(3)12-8-11-21-50-37(27)24-44-19-9-7-10-20-44/h13-18,22,27-29,37H,7-12,19-21,23-26H2,1-6H3,(H2,41,42,47)/t27-,28?,29?,37+/m1/s1. The van der Waals surface area contributed by atoms with Crippen LogP contribution in [0.2, 0.25) is 0 Å². The van der Waals surface area contributed by atoms with Gasteiger partial charge in [-0.3, -0.25) is 4.79 Å². The summed E-state index contributed by atoms with van der Waals surface area (Å²) in [6, 6.07) is 12.3. The number of hydrogen-bond donors (Lipinski definition) is 2. The Morgan fingerprint density at radius 3 is 2.50 bits per heavy atom. The molecule has 0 aliphatic carbocycles. The molecule has 2 aromatic carbocycles. The number of piperidine rings is 1. The number of carbonyl (C=O) groups excluding carboxylic acids is 2. The average Bonchev–Trinajstić information content (AvgIpc) is 3.45. The fourth-order valence-corrected chi connectivity index (χ4v) is 6.86. The van der Waals surface area contributed by atoms with E-state index in [2.05, 4.69) is 27.6 Å². The van der Waals surface area contributed by atoms with E-state index in [1.165, 1.54) is 19.3 Å². The molecule has 3 aromatic rings. The molecule has 284 valence electrons. The largest absolute Gasteiger partial charge is 0.497 e. The van der Waals surface area contributed by atoms with Gasteiger partial charge in [0.1, 0.15) is 22.9 Å². The highest BCUT2D eigenvalue weighted by molar-refractivity contribution is 6.03. The predicted octanol–water partition coefficient (Wildman–Crippen LogP) is 7.45. The first-order valence-corrected chi connectivity index (χ1v) is 18.8. The van der Waals surface area contributed by atoms with E-state index < -0.39 is 6.03 Å². The Morgan fingerprint density at radius 1 is 1.02 bits per heavy atom. The molecule has 1 aromatic heterocycles. The summed E-state index contributed by atoms with van der Waals surface area (Å²) in [5, 5.41) is 9.61. The molecule has 5 rings (SSSR count). The van der Waals surface area contributed by atoms with Gasteiger partial charge in [-0.1, -0.05) is 30.6 Å². The molecule has 52 heavy (non-hydrogen) atoms. The molecule has 2 aliphatic heterocycles. The molecule has 2 N–H and O–H groups in total. The lowest BCUT2D eigenvalue weighted by Crippen LogP contribution is -2.48. The number of aryl methyl sites for hydroxylation is 2. The number of urea groups is 1. The molecule has 1 fully saturated rings. The van der Waals surface area contributed by atoms with Crippen LogP contribution in [0, 0.1) is 19.8 Å². The van der Waals surface area contributed by atoms with Crippen LogP contribution in [0.1, 0.15) is 86.7 Å². The minimum Gasteiger partial charge on any atom is -0.497 e.